The molecule has 12 heteroatoms. The van der Waals surface area contributed by atoms with Gasteiger partial charge in [0, 0.05) is 29.2 Å². The molecule has 0 fully saturated rings. The van der Waals surface area contributed by atoms with E-state index in [4.69, 9.17) is 28.4 Å². The number of hydrogen-bond acceptors (Lipinski definition) is 6. The van der Waals surface area contributed by atoms with Crippen LogP contribution in [0.4, 0.5) is 11.4 Å². The summed E-state index contributed by atoms with van der Waals surface area (Å²) in [6.07, 6.45) is 4.19. The highest BCUT2D eigenvalue weighted by Crippen LogP contribution is 2.30. The Bertz CT molecular complexity index is 1660. The molecule has 0 bridgehead atoms. The molecule has 0 saturated carbocycles. The van der Waals surface area contributed by atoms with E-state index in [1.165, 1.54) is 41.9 Å². The average molecular weight is 583 g/mol. The predicted octanol–water partition coefficient (Wildman–Crippen LogP) is 5.63. The number of aromatic nitrogens is 1. The lowest BCUT2D eigenvalue weighted by atomic mass is 10.1. The van der Waals surface area contributed by atoms with E-state index in [1.807, 2.05) is 6.07 Å². The molecule has 3 aromatic carbocycles. The van der Waals surface area contributed by atoms with E-state index in [0.29, 0.717) is 27.5 Å². The van der Waals surface area contributed by atoms with Gasteiger partial charge < -0.3 is 5.32 Å². The van der Waals surface area contributed by atoms with Crippen LogP contribution in [0.5, 0.6) is 0 Å². The molecule has 0 saturated heterocycles. The Balaban J connectivity index is 1.48. The predicted molar refractivity (Wildman–Crippen MR) is 150 cm³/mol. The zero-order valence-electron chi connectivity index (χ0n) is 19.9. The first-order valence-electron chi connectivity index (χ1n) is 11.2. The fourth-order valence-electron chi connectivity index (χ4n) is 3.45. The summed E-state index contributed by atoms with van der Waals surface area (Å²) in [5.74, 6) is -1.24. The second-order valence-electron chi connectivity index (χ2n) is 8.04. The first-order chi connectivity index (χ1) is 18.7. The summed E-state index contributed by atoms with van der Waals surface area (Å²) < 4.78 is 28.2. The van der Waals surface area contributed by atoms with Gasteiger partial charge in [0.15, 0.2) is 0 Å². The number of carbonyl (C=O) groups is 2. The van der Waals surface area contributed by atoms with Gasteiger partial charge in [-0.25, -0.2) is 13.9 Å². The lowest BCUT2D eigenvalue weighted by Gasteiger charge is -2.12. The van der Waals surface area contributed by atoms with Gasteiger partial charge in [0.1, 0.15) is 0 Å². The lowest BCUT2D eigenvalue weighted by Crippen LogP contribution is -2.15. The zero-order valence-corrected chi connectivity index (χ0v) is 22.3. The lowest BCUT2D eigenvalue weighted by molar-refractivity contribution is -0.124. The number of sulfonamides is 1. The highest BCUT2D eigenvalue weighted by Gasteiger charge is 2.19. The summed E-state index contributed by atoms with van der Waals surface area (Å²) in [5, 5.41) is 11.7. The minimum Gasteiger partial charge on any atom is -0.322 e. The van der Waals surface area contributed by atoms with Gasteiger partial charge in [-0.3, -0.25) is 24.5 Å². The molecule has 4 aromatic rings. The fourth-order valence-corrected chi connectivity index (χ4v) is 5.08. The Morgan fingerprint density at radius 3 is 2.28 bits per heavy atom. The quantitative estimate of drug-likeness (QED) is 0.121. The summed E-state index contributed by atoms with van der Waals surface area (Å²) in [5.41, 5.74) is 4.15. The summed E-state index contributed by atoms with van der Waals surface area (Å²) in [7, 11) is -4.02. The molecule has 0 radical (unpaired) electrons. The number of nitrogens with one attached hydrogen (secondary N) is 3. The summed E-state index contributed by atoms with van der Waals surface area (Å²) in [6.45, 7) is 0. The Kier molecular flexibility index (Phi) is 8.62. The number of hydrogen-bond donors (Lipinski definition) is 4. The van der Waals surface area contributed by atoms with Crippen LogP contribution in [-0.2, 0) is 14.8 Å². The molecule has 4 rings (SSSR count). The number of anilines is 2. The molecule has 0 spiro atoms. The second kappa shape index (κ2) is 12.1. The summed E-state index contributed by atoms with van der Waals surface area (Å²) in [4.78, 5) is 28.1. The van der Waals surface area contributed by atoms with E-state index >= 15 is 0 Å². The van der Waals surface area contributed by atoms with Crippen LogP contribution < -0.4 is 15.5 Å². The molecule has 9 nitrogen and oxygen atoms in total. The molecule has 1 aromatic heterocycles. The highest BCUT2D eigenvalue weighted by molar-refractivity contribution is 7.92. The van der Waals surface area contributed by atoms with Crippen LogP contribution in [0.15, 0.2) is 96.0 Å². The van der Waals surface area contributed by atoms with Crippen LogP contribution in [0.3, 0.4) is 0 Å². The van der Waals surface area contributed by atoms with Crippen molar-refractivity contribution in [1.82, 2.24) is 10.5 Å². The van der Waals surface area contributed by atoms with Gasteiger partial charge in [-0.1, -0.05) is 41.4 Å². The molecule has 2 amide bonds. The third-order valence-electron chi connectivity index (χ3n) is 5.36. The van der Waals surface area contributed by atoms with Crippen molar-refractivity contribution in [2.75, 3.05) is 10.0 Å². The zero-order chi connectivity index (χ0) is 28.0. The van der Waals surface area contributed by atoms with E-state index in [0.717, 1.165) is 6.08 Å². The van der Waals surface area contributed by atoms with Crippen molar-refractivity contribution in [3.05, 3.63) is 112 Å². The van der Waals surface area contributed by atoms with Crippen LogP contribution in [-0.4, -0.2) is 30.4 Å². The van der Waals surface area contributed by atoms with E-state index in [9.17, 15) is 18.0 Å². The molecule has 1 heterocycles. The fraction of sp³-hybridized carbons (Fsp3) is 0. The van der Waals surface area contributed by atoms with Crippen molar-refractivity contribution < 1.29 is 23.2 Å². The van der Waals surface area contributed by atoms with Gasteiger partial charge in [0.05, 0.1) is 26.2 Å². The molecule has 0 atom stereocenters. The van der Waals surface area contributed by atoms with E-state index in [1.54, 1.807) is 48.7 Å². The molecule has 4 N–H and O–H groups in total. The highest BCUT2D eigenvalue weighted by atomic mass is 35.5. The van der Waals surface area contributed by atoms with Gasteiger partial charge >= 0.3 is 0 Å². The van der Waals surface area contributed by atoms with Crippen LogP contribution in [0.1, 0.15) is 15.9 Å². The minimum atomic E-state index is -4.02. The van der Waals surface area contributed by atoms with E-state index in [2.05, 4.69) is 15.0 Å². The van der Waals surface area contributed by atoms with Crippen molar-refractivity contribution in [2.24, 2.45) is 0 Å². The number of rotatable bonds is 8. The third kappa shape index (κ3) is 7.01. The standard InChI is InChI=1S/C27H20Cl2N4O5S/c28-23-12-9-19(15-22(23)25-3-1-2-14-30-25)31-27(35)21-11-10-20(16-24(21)29)39(37,38)33-18-7-4-17(5-8-18)6-13-26(34)32-36/h1-16,33,36H,(H,31,35)(H,32,34). The topological polar surface area (TPSA) is 137 Å². The van der Waals surface area contributed by atoms with Crippen LogP contribution in [0.2, 0.25) is 10.0 Å². The van der Waals surface area contributed by atoms with Crippen molar-refractivity contribution in [2.45, 2.75) is 4.90 Å². The molecular weight excluding hydrogens is 563 g/mol. The second-order valence-corrected chi connectivity index (χ2v) is 10.5. The van der Waals surface area contributed by atoms with Crippen molar-refractivity contribution >= 4 is 62.5 Å². The van der Waals surface area contributed by atoms with Gasteiger partial charge in [-0.05, 0) is 72.3 Å². The van der Waals surface area contributed by atoms with Crippen molar-refractivity contribution in [3.8, 4) is 11.3 Å². The number of nitrogens with zero attached hydrogens (tertiary/aromatic N) is 1. The number of hydroxylamine groups is 1. The van der Waals surface area contributed by atoms with Crippen LogP contribution >= 0.6 is 23.2 Å². The largest absolute Gasteiger partial charge is 0.322 e. The van der Waals surface area contributed by atoms with E-state index in [-0.39, 0.29) is 21.2 Å². The van der Waals surface area contributed by atoms with Gasteiger partial charge in [-0.2, -0.15) is 0 Å². The maximum Gasteiger partial charge on any atom is 0.267 e. The summed E-state index contributed by atoms with van der Waals surface area (Å²) >= 11 is 12.6. The smallest absolute Gasteiger partial charge is 0.267 e. The number of amides is 2. The molecule has 0 aliphatic rings. The Hall–Kier alpha value is -4.22. The van der Waals surface area contributed by atoms with Crippen LogP contribution in [0.25, 0.3) is 17.3 Å². The Morgan fingerprint density at radius 1 is 0.872 bits per heavy atom. The molecule has 0 aliphatic heterocycles. The number of carbonyl (C=O) groups excluding carboxylic acids is 2. The number of pyridine rings is 1. The normalized spacial score (nSPS) is 11.3. The first-order valence-corrected chi connectivity index (χ1v) is 13.5. The molecule has 198 valence electrons. The number of benzene rings is 3. The Labute approximate surface area is 234 Å². The maximum absolute atomic E-state index is 12.9. The monoisotopic (exact) mass is 582 g/mol. The van der Waals surface area contributed by atoms with Gasteiger partial charge in [0.25, 0.3) is 21.8 Å². The number of halogens is 2. The molecular formula is C27H20Cl2N4O5S. The van der Waals surface area contributed by atoms with E-state index < -0.39 is 21.8 Å². The third-order valence-corrected chi connectivity index (χ3v) is 7.38. The van der Waals surface area contributed by atoms with Crippen molar-refractivity contribution in [1.29, 1.82) is 0 Å². The van der Waals surface area contributed by atoms with Crippen LogP contribution in [0, 0.1) is 0 Å². The molecule has 0 aliphatic carbocycles. The minimum absolute atomic E-state index is 0.0584. The Morgan fingerprint density at radius 2 is 1.62 bits per heavy atom. The van der Waals surface area contributed by atoms with Gasteiger partial charge in [0.2, 0.25) is 0 Å². The average Bonchev–Trinajstić information content (AvgIpc) is 2.93. The molecule has 39 heavy (non-hydrogen) atoms. The SMILES string of the molecule is O=C(C=Cc1ccc(NS(=O)(=O)c2ccc(C(=O)Nc3ccc(Cl)c(-c4ccccn4)c3)c(Cl)c2)cc1)NO. The summed E-state index contributed by atoms with van der Waals surface area (Å²) in [6, 6.07) is 20.3. The van der Waals surface area contributed by atoms with Crippen molar-refractivity contribution in [3.63, 3.8) is 0 Å². The first kappa shape index (κ1) is 27.8. The van der Waals surface area contributed by atoms with Gasteiger partial charge in [-0.15, -0.1) is 0 Å². The molecule has 0 unspecified atom stereocenters. The maximum atomic E-state index is 12.9.